The fourth-order valence-corrected chi connectivity index (χ4v) is 1.48. The lowest BCUT2D eigenvalue weighted by molar-refractivity contribution is -0.146. The molecule has 0 atom stereocenters. The third-order valence-corrected chi connectivity index (χ3v) is 2.83. The standard InChI is InChI=1S/C11H12Cl2N2O3/c1-11(2,10(17)18)5-14-9(16)6-3-4-7(12)15-8(6)13/h3-4H,5H2,1-2H3,(H,14,16)(H,17,18). The first-order valence-corrected chi connectivity index (χ1v) is 5.83. The minimum Gasteiger partial charge on any atom is -0.481 e. The summed E-state index contributed by atoms with van der Waals surface area (Å²) in [6.07, 6.45) is 0. The highest BCUT2D eigenvalue weighted by atomic mass is 35.5. The van der Waals surface area contributed by atoms with E-state index in [9.17, 15) is 9.59 Å². The van der Waals surface area contributed by atoms with Crippen LogP contribution in [0.4, 0.5) is 0 Å². The lowest BCUT2D eigenvalue weighted by Crippen LogP contribution is -2.39. The first-order chi connectivity index (χ1) is 8.24. The summed E-state index contributed by atoms with van der Waals surface area (Å²) < 4.78 is 0. The number of hydrogen-bond donors (Lipinski definition) is 2. The molecule has 1 aromatic rings. The van der Waals surface area contributed by atoms with Crippen LogP contribution >= 0.6 is 23.2 Å². The minimum absolute atomic E-state index is 0.0138. The maximum absolute atomic E-state index is 11.8. The molecule has 0 radical (unpaired) electrons. The molecule has 0 fully saturated rings. The van der Waals surface area contributed by atoms with Crippen molar-refractivity contribution < 1.29 is 14.7 Å². The van der Waals surface area contributed by atoms with Gasteiger partial charge in [0, 0.05) is 6.54 Å². The van der Waals surface area contributed by atoms with Gasteiger partial charge in [-0.05, 0) is 26.0 Å². The van der Waals surface area contributed by atoms with Crippen molar-refractivity contribution in [3.8, 4) is 0 Å². The number of amides is 1. The number of aromatic nitrogens is 1. The van der Waals surface area contributed by atoms with Gasteiger partial charge >= 0.3 is 5.97 Å². The molecular formula is C11H12Cl2N2O3. The lowest BCUT2D eigenvalue weighted by Gasteiger charge is -2.19. The Morgan fingerprint density at radius 2 is 2.00 bits per heavy atom. The van der Waals surface area contributed by atoms with Crippen LogP contribution in [0, 0.1) is 5.41 Å². The molecule has 1 rings (SSSR count). The van der Waals surface area contributed by atoms with Gasteiger partial charge in [0.1, 0.15) is 10.3 Å². The largest absolute Gasteiger partial charge is 0.481 e. The quantitative estimate of drug-likeness (QED) is 0.834. The highest BCUT2D eigenvalue weighted by Crippen LogP contribution is 2.18. The minimum atomic E-state index is -1.05. The van der Waals surface area contributed by atoms with Crippen molar-refractivity contribution in [3.63, 3.8) is 0 Å². The number of halogens is 2. The molecule has 5 nitrogen and oxygen atoms in total. The van der Waals surface area contributed by atoms with Gasteiger partial charge in [0.25, 0.3) is 5.91 Å². The van der Waals surface area contributed by atoms with E-state index in [1.54, 1.807) is 0 Å². The highest BCUT2D eigenvalue weighted by molar-refractivity contribution is 6.34. The van der Waals surface area contributed by atoms with E-state index in [-0.39, 0.29) is 22.4 Å². The molecule has 0 saturated carbocycles. The predicted molar refractivity (Wildman–Crippen MR) is 68.0 cm³/mol. The first kappa shape index (κ1) is 14.7. The van der Waals surface area contributed by atoms with Crippen LogP contribution in [0.3, 0.4) is 0 Å². The Balaban J connectivity index is 2.75. The molecule has 2 N–H and O–H groups in total. The van der Waals surface area contributed by atoms with Crippen LogP contribution in [0.2, 0.25) is 10.3 Å². The molecule has 0 saturated heterocycles. The van der Waals surface area contributed by atoms with Gasteiger partial charge in [-0.1, -0.05) is 23.2 Å². The molecule has 0 aliphatic heterocycles. The van der Waals surface area contributed by atoms with Crippen molar-refractivity contribution >= 4 is 35.1 Å². The number of nitrogens with one attached hydrogen (secondary N) is 1. The van der Waals surface area contributed by atoms with E-state index in [2.05, 4.69) is 10.3 Å². The van der Waals surface area contributed by atoms with Gasteiger partial charge in [0.15, 0.2) is 0 Å². The average molecular weight is 291 g/mol. The molecule has 0 aromatic carbocycles. The van der Waals surface area contributed by atoms with Gasteiger partial charge in [-0.3, -0.25) is 9.59 Å². The fourth-order valence-electron chi connectivity index (χ4n) is 1.05. The van der Waals surface area contributed by atoms with E-state index >= 15 is 0 Å². The van der Waals surface area contributed by atoms with Crippen molar-refractivity contribution in [1.29, 1.82) is 0 Å². The number of nitrogens with zero attached hydrogens (tertiary/aromatic N) is 1. The fraction of sp³-hybridized carbons (Fsp3) is 0.364. The Morgan fingerprint density at radius 1 is 1.39 bits per heavy atom. The number of carbonyl (C=O) groups is 2. The molecule has 1 heterocycles. The van der Waals surface area contributed by atoms with Crippen molar-refractivity contribution in [2.24, 2.45) is 5.41 Å². The SMILES string of the molecule is CC(C)(CNC(=O)c1ccc(Cl)nc1Cl)C(=O)O. The summed E-state index contributed by atoms with van der Waals surface area (Å²) in [4.78, 5) is 26.4. The van der Waals surface area contributed by atoms with Gasteiger partial charge in [-0.2, -0.15) is 0 Å². The third-order valence-electron chi connectivity index (χ3n) is 2.33. The zero-order valence-corrected chi connectivity index (χ0v) is 11.3. The van der Waals surface area contributed by atoms with E-state index in [1.165, 1.54) is 26.0 Å². The Bertz CT molecular complexity index is 489. The van der Waals surface area contributed by atoms with Crippen LogP contribution in [-0.4, -0.2) is 28.5 Å². The molecule has 98 valence electrons. The lowest BCUT2D eigenvalue weighted by atomic mass is 9.94. The molecule has 0 bridgehead atoms. The number of hydrogen-bond acceptors (Lipinski definition) is 3. The maximum atomic E-state index is 11.8. The topological polar surface area (TPSA) is 79.3 Å². The summed E-state index contributed by atoms with van der Waals surface area (Å²) >= 11 is 11.4. The monoisotopic (exact) mass is 290 g/mol. The molecule has 1 amide bonds. The molecule has 1 aromatic heterocycles. The van der Waals surface area contributed by atoms with Crippen molar-refractivity contribution in [3.05, 3.63) is 28.0 Å². The molecule has 18 heavy (non-hydrogen) atoms. The van der Waals surface area contributed by atoms with E-state index in [0.29, 0.717) is 0 Å². The molecule has 0 aliphatic rings. The zero-order chi connectivity index (χ0) is 13.9. The summed E-state index contributed by atoms with van der Waals surface area (Å²) in [6.45, 7) is 3.01. The first-order valence-electron chi connectivity index (χ1n) is 5.07. The number of carboxylic acids is 1. The van der Waals surface area contributed by atoms with Gasteiger partial charge < -0.3 is 10.4 Å². The van der Waals surface area contributed by atoms with Crippen LogP contribution in [0.15, 0.2) is 12.1 Å². The second kappa shape index (κ2) is 5.54. The van der Waals surface area contributed by atoms with E-state index in [4.69, 9.17) is 28.3 Å². The van der Waals surface area contributed by atoms with Gasteiger partial charge in [-0.25, -0.2) is 4.98 Å². The Morgan fingerprint density at radius 3 is 2.50 bits per heavy atom. The normalized spacial score (nSPS) is 11.1. The second-order valence-electron chi connectivity index (χ2n) is 4.34. The van der Waals surface area contributed by atoms with Crippen LogP contribution in [0.5, 0.6) is 0 Å². The summed E-state index contributed by atoms with van der Waals surface area (Å²) in [7, 11) is 0. The van der Waals surface area contributed by atoms with Gasteiger partial charge in [0.05, 0.1) is 11.0 Å². The van der Waals surface area contributed by atoms with E-state index < -0.39 is 17.3 Å². The van der Waals surface area contributed by atoms with Crippen LogP contribution < -0.4 is 5.32 Å². The highest BCUT2D eigenvalue weighted by Gasteiger charge is 2.28. The summed E-state index contributed by atoms with van der Waals surface area (Å²) in [5, 5.41) is 11.6. The number of pyridine rings is 1. The van der Waals surface area contributed by atoms with Crippen LogP contribution in [0.25, 0.3) is 0 Å². The van der Waals surface area contributed by atoms with Crippen molar-refractivity contribution in [2.45, 2.75) is 13.8 Å². The smallest absolute Gasteiger partial charge is 0.310 e. The predicted octanol–water partition coefficient (Wildman–Crippen LogP) is 2.23. The number of carbonyl (C=O) groups excluding carboxylic acids is 1. The van der Waals surface area contributed by atoms with Crippen LogP contribution in [0.1, 0.15) is 24.2 Å². The Labute approximate surface area is 114 Å². The third kappa shape index (κ3) is 3.58. The van der Waals surface area contributed by atoms with E-state index in [0.717, 1.165) is 0 Å². The summed E-state index contributed by atoms with van der Waals surface area (Å²) in [6, 6.07) is 2.87. The molecule has 0 spiro atoms. The van der Waals surface area contributed by atoms with E-state index in [1.807, 2.05) is 0 Å². The summed E-state index contributed by atoms with van der Waals surface area (Å²) in [5.41, 5.74) is -0.899. The second-order valence-corrected chi connectivity index (χ2v) is 5.09. The Hall–Kier alpha value is -1.33. The van der Waals surface area contributed by atoms with Gasteiger partial charge in [0.2, 0.25) is 0 Å². The maximum Gasteiger partial charge on any atom is 0.310 e. The molecule has 0 aliphatic carbocycles. The number of carboxylic acid groups (broad SMARTS) is 1. The molecule has 0 unspecified atom stereocenters. The zero-order valence-electron chi connectivity index (χ0n) is 9.83. The molecular weight excluding hydrogens is 279 g/mol. The van der Waals surface area contributed by atoms with Crippen molar-refractivity contribution in [1.82, 2.24) is 10.3 Å². The number of aliphatic carboxylic acids is 1. The van der Waals surface area contributed by atoms with Crippen LogP contribution in [-0.2, 0) is 4.79 Å². The average Bonchev–Trinajstić information content (AvgIpc) is 2.25. The van der Waals surface area contributed by atoms with Gasteiger partial charge in [-0.15, -0.1) is 0 Å². The summed E-state index contributed by atoms with van der Waals surface area (Å²) in [5.74, 6) is -1.48. The molecule has 7 heteroatoms. The van der Waals surface area contributed by atoms with Crippen molar-refractivity contribution in [2.75, 3.05) is 6.54 Å². The Kier molecular flexibility index (Phi) is 4.53. The number of rotatable bonds is 4.